The topological polar surface area (TPSA) is 40.5 Å². The second-order valence-electron chi connectivity index (χ2n) is 2.65. The van der Waals surface area contributed by atoms with Gasteiger partial charge < -0.3 is 10.2 Å². The van der Waals surface area contributed by atoms with Gasteiger partial charge in [-0.15, -0.1) is 0 Å². The molecule has 1 rings (SSSR count). The summed E-state index contributed by atoms with van der Waals surface area (Å²) < 4.78 is 11.8. The Bertz CT molecular complexity index is 240. The summed E-state index contributed by atoms with van der Waals surface area (Å²) in [5.41, 5.74) is 0.755. The third kappa shape index (κ3) is 2.42. The highest BCUT2D eigenvalue weighted by atomic mass is 19.1. The second kappa shape index (κ2) is 3.95. The first kappa shape index (κ1) is 8.84. The summed E-state index contributed by atoms with van der Waals surface area (Å²) >= 11 is 0. The first-order chi connectivity index (χ1) is 5.72. The van der Waals surface area contributed by atoms with Crippen molar-refractivity contribution in [1.82, 2.24) is 0 Å². The van der Waals surface area contributed by atoms with Crippen LogP contribution in [0.15, 0.2) is 18.2 Å². The Morgan fingerprint density at radius 1 is 1.08 bits per heavy atom. The molecule has 0 spiro atoms. The Hall–Kier alpha value is -1.25. The summed E-state index contributed by atoms with van der Waals surface area (Å²) in [7, 11) is 0. The van der Waals surface area contributed by atoms with Gasteiger partial charge in [0.25, 0.3) is 0 Å². The SMILES string of the molecule is Oc1cc(O)cc(CCCF)c1. The molecule has 0 saturated heterocycles. The lowest BCUT2D eigenvalue weighted by Crippen LogP contribution is -1.86. The van der Waals surface area contributed by atoms with Gasteiger partial charge in [-0.2, -0.15) is 0 Å². The highest BCUT2D eigenvalue weighted by Crippen LogP contribution is 2.21. The molecule has 0 aromatic heterocycles. The summed E-state index contributed by atoms with van der Waals surface area (Å²) in [5.74, 6) is 0.0349. The Labute approximate surface area is 70.3 Å². The van der Waals surface area contributed by atoms with Crippen LogP contribution in [0.5, 0.6) is 11.5 Å². The Morgan fingerprint density at radius 3 is 2.17 bits per heavy atom. The Kier molecular flexibility index (Phi) is 2.91. The van der Waals surface area contributed by atoms with Gasteiger partial charge in [0.1, 0.15) is 11.5 Å². The zero-order valence-electron chi connectivity index (χ0n) is 6.63. The molecule has 0 fully saturated rings. The number of hydrogen-bond donors (Lipinski definition) is 2. The van der Waals surface area contributed by atoms with Crippen LogP contribution in [0.3, 0.4) is 0 Å². The van der Waals surface area contributed by atoms with Crippen molar-refractivity contribution in [2.45, 2.75) is 12.8 Å². The lowest BCUT2D eigenvalue weighted by Gasteiger charge is -2.00. The van der Waals surface area contributed by atoms with Crippen molar-refractivity contribution in [3.63, 3.8) is 0 Å². The molecule has 1 aromatic rings. The van der Waals surface area contributed by atoms with Crippen LogP contribution in [0.25, 0.3) is 0 Å². The average Bonchev–Trinajstić information content (AvgIpc) is 1.99. The molecule has 0 amide bonds. The van der Waals surface area contributed by atoms with Gasteiger partial charge in [-0.05, 0) is 30.5 Å². The number of alkyl halides is 1. The summed E-state index contributed by atoms with van der Waals surface area (Å²) in [6.07, 6.45) is 0.960. The maximum atomic E-state index is 11.8. The van der Waals surface area contributed by atoms with Crippen molar-refractivity contribution in [2.75, 3.05) is 6.67 Å². The molecule has 12 heavy (non-hydrogen) atoms. The van der Waals surface area contributed by atoms with E-state index in [1.807, 2.05) is 0 Å². The average molecular weight is 170 g/mol. The van der Waals surface area contributed by atoms with E-state index in [1.54, 1.807) is 0 Å². The van der Waals surface area contributed by atoms with Gasteiger partial charge in [0, 0.05) is 6.07 Å². The van der Waals surface area contributed by atoms with E-state index in [9.17, 15) is 4.39 Å². The number of benzene rings is 1. The number of rotatable bonds is 3. The van der Waals surface area contributed by atoms with Gasteiger partial charge in [0.2, 0.25) is 0 Å². The molecule has 3 heteroatoms. The van der Waals surface area contributed by atoms with E-state index in [2.05, 4.69) is 0 Å². The Balaban J connectivity index is 2.72. The number of phenols is 2. The van der Waals surface area contributed by atoms with E-state index in [0.717, 1.165) is 5.56 Å². The van der Waals surface area contributed by atoms with E-state index in [0.29, 0.717) is 12.8 Å². The van der Waals surface area contributed by atoms with Crippen molar-refractivity contribution in [3.8, 4) is 11.5 Å². The van der Waals surface area contributed by atoms with Crippen LogP contribution >= 0.6 is 0 Å². The number of halogens is 1. The molecule has 0 atom stereocenters. The van der Waals surface area contributed by atoms with Gasteiger partial charge in [-0.3, -0.25) is 4.39 Å². The molecule has 0 heterocycles. The van der Waals surface area contributed by atoms with E-state index in [4.69, 9.17) is 10.2 Å². The Morgan fingerprint density at radius 2 is 1.67 bits per heavy atom. The second-order valence-corrected chi connectivity index (χ2v) is 2.65. The van der Waals surface area contributed by atoms with Crippen LogP contribution in [-0.4, -0.2) is 16.9 Å². The van der Waals surface area contributed by atoms with Crippen LogP contribution in [0.4, 0.5) is 4.39 Å². The fourth-order valence-corrected chi connectivity index (χ4v) is 1.07. The maximum absolute atomic E-state index is 11.8. The molecular formula is C9H11FO2. The normalized spacial score (nSPS) is 10.1. The molecule has 2 nitrogen and oxygen atoms in total. The van der Waals surface area contributed by atoms with Crippen molar-refractivity contribution in [3.05, 3.63) is 23.8 Å². The number of aryl methyl sites for hydroxylation is 1. The molecule has 0 aliphatic rings. The standard InChI is InChI=1S/C9H11FO2/c10-3-1-2-7-4-8(11)6-9(12)5-7/h4-6,11-12H,1-3H2. The number of hydrogen-bond acceptors (Lipinski definition) is 2. The molecule has 0 unspecified atom stereocenters. The lowest BCUT2D eigenvalue weighted by molar-refractivity contribution is 0.446. The molecule has 0 saturated carbocycles. The highest BCUT2D eigenvalue weighted by molar-refractivity contribution is 5.36. The van der Waals surface area contributed by atoms with Crippen LogP contribution in [0, 0.1) is 0 Å². The van der Waals surface area contributed by atoms with Crippen molar-refractivity contribution in [2.24, 2.45) is 0 Å². The van der Waals surface area contributed by atoms with Crippen LogP contribution in [0.1, 0.15) is 12.0 Å². The smallest absolute Gasteiger partial charge is 0.119 e. The van der Waals surface area contributed by atoms with Crippen molar-refractivity contribution >= 4 is 0 Å². The van der Waals surface area contributed by atoms with Gasteiger partial charge in [-0.25, -0.2) is 0 Å². The number of phenolic OH excluding ortho intramolecular Hbond substituents is 2. The lowest BCUT2D eigenvalue weighted by atomic mass is 10.1. The molecule has 0 aliphatic carbocycles. The fraction of sp³-hybridized carbons (Fsp3) is 0.333. The molecule has 0 bridgehead atoms. The minimum Gasteiger partial charge on any atom is -0.508 e. The van der Waals surface area contributed by atoms with E-state index < -0.39 is 0 Å². The van der Waals surface area contributed by atoms with Gasteiger partial charge >= 0.3 is 0 Å². The first-order valence-corrected chi connectivity index (χ1v) is 3.80. The third-order valence-electron chi connectivity index (χ3n) is 1.56. The molecular weight excluding hydrogens is 159 g/mol. The van der Waals surface area contributed by atoms with Gasteiger partial charge in [-0.1, -0.05) is 0 Å². The van der Waals surface area contributed by atoms with Crippen LogP contribution in [0.2, 0.25) is 0 Å². The van der Waals surface area contributed by atoms with Crippen LogP contribution in [-0.2, 0) is 6.42 Å². The minimum atomic E-state index is -0.379. The van der Waals surface area contributed by atoms with Crippen molar-refractivity contribution in [1.29, 1.82) is 0 Å². The third-order valence-corrected chi connectivity index (χ3v) is 1.56. The molecule has 1 aromatic carbocycles. The monoisotopic (exact) mass is 170 g/mol. The van der Waals surface area contributed by atoms with E-state index in [1.165, 1.54) is 18.2 Å². The molecule has 2 N–H and O–H groups in total. The fourth-order valence-electron chi connectivity index (χ4n) is 1.07. The predicted octanol–water partition coefficient (Wildman–Crippen LogP) is 2.00. The zero-order valence-corrected chi connectivity index (χ0v) is 6.63. The molecule has 0 aliphatic heterocycles. The highest BCUT2D eigenvalue weighted by Gasteiger charge is 1.98. The molecule has 66 valence electrons. The van der Waals surface area contributed by atoms with Gasteiger partial charge in [0.15, 0.2) is 0 Å². The largest absolute Gasteiger partial charge is 0.508 e. The zero-order chi connectivity index (χ0) is 8.97. The molecule has 0 radical (unpaired) electrons. The summed E-state index contributed by atoms with van der Waals surface area (Å²) in [6.45, 7) is -0.379. The minimum absolute atomic E-state index is 0.0175. The van der Waals surface area contributed by atoms with E-state index in [-0.39, 0.29) is 18.2 Å². The first-order valence-electron chi connectivity index (χ1n) is 3.80. The van der Waals surface area contributed by atoms with E-state index >= 15 is 0 Å². The maximum Gasteiger partial charge on any atom is 0.119 e. The predicted molar refractivity (Wildman–Crippen MR) is 44.1 cm³/mol. The van der Waals surface area contributed by atoms with Crippen molar-refractivity contribution < 1.29 is 14.6 Å². The number of aromatic hydroxyl groups is 2. The summed E-state index contributed by atoms with van der Waals surface area (Å²) in [6, 6.07) is 4.30. The van der Waals surface area contributed by atoms with Crippen LogP contribution < -0.4 is 0 Å². The van der Waals surface area contributed by atoms with Gasteiger partial charge in [0.05, 0.1) is 6.67 Å². The summed E-state index contributed by atoms with van der Waals surface area (Å²) in [4.78, 5) is 0. The quantitative estimate of drug-likeness (QED) is 0.728. The summed E-state index contributed by atoms with van der Waals surface area (Å²) in [5, 5.41) is 18.1.